The van der Waals surface area contributed by atoms with Crippen LogP contribution in [0.15, 0.2) is 17.0 Å². The van der Waals surface area contributed by atoms with E-state index in [2.05, 4.69) is 9.47 Å². The number of aryl methyl sites for hydroxylation is 1. The molecule has 2 rings (SSSR count). The van der Waals surface area contributed by atoms with Gasteiger partial charge in [0.15, 0.2) is 11.5 Å². The van der Waals surface area contributed by atoms with E-state index in [0.29, 0.717) is 13.0 Å². The lowest BCUT2D eigenvalue weighted by atomic mass is 10.1. The van der Waals surface area contributed by atoms with Gasteiger partial charge in [0.05, 0.1) is 0 Å². The molecular formula is C12H15F2NO2S. The van der Waals surface area contributed by atoms with E-state index < -0.39 is 6.29 Å². The molecule has 3 nitrogen and oxygen atoms in total. The number of ether oxygens (including phenoxy) is 2. The second kappa shape index (κ2) is 5.32. The minimum absolute atomic E-state index is 0.120. The Hall–Kier alpha value is -1.01. The van der Waals surface area contributed by atoms with Crippen molar-refractivity contribution < 1.29 is 18.3 Å². The first kappa shape index (κ1) is 13.4. The predicted octanol–water partition coefficient (Wildman–Crippen LogP) is 3.01. The van der Waals surface area contributed by atoms with E-state index in [1.165, 1.54) is 11.8 Å². The smallest absolute Gasteiger partial charge is 0.395 e. The molecule has 0 unspecified atom stereocenters. The number of hydrogen-bond donors (Lipinski definition) is 1. The Morgan fingerprint density at radius 3 is 2.72 bits per heavy atom. The van der Waals surface area contributed by atoms with Crippen LogP contribution in [-0.4, -0.2) is 19.1 Å². The van der Waals surface area contributed by atoms with Crippen molar-refractivity contribution in [2.75, 3.05) is 12.8 Å². The highest BCUT2D eigenvalue weighted by atomic mass is 32.2. The van der Waals surface area contributed by atoms with Gasteiger partial charge >= 0.3 is 6.29 Å². The topological polar surface area (TPSA) is 44.5 Å². The molecule has 6 heteroatoms. The van der Waals surface area contributed by atoms with Crippen LogP contribution in [0.4, 0.5) is 8.78 Å². The lowest BCUT2D eigenvalue weighted by Crippen LogP contribution is -2.26. The number of halogens is 2. The molecule has 1 aromatic carbocycles. The molecule has 1 aliphatic rings. The van der Waals surface area contributed by atoms with Crippen LogP contribution in [0.3, 0.4) is 0 Å². The molecule has 1 heterocycles. The van der Waals surface area contributed by atoms with Gasteiger partial charge in [-0.3, -0.25) is 0 Å². The fourth-order valence-electron chi connectivity index (χ4n) is 1.85. The summed E-state index contributed by atoms with van der Waals surface area (Å²) in [6.07, 6.45) is 0.694. The maximum Gasteiger partial charge on any atom is 0.586 e. The van der Waals surface area contributed by atoms with Crippen LogP contribution < -0.4 is 15.2 Å². The first-order valence-corrected chi connectivity index (χ1v) is 6.95. The molecule has 0 bridgehead atoms. The average Bonchev–Trinajstić information content (AvgIpc) is 2.63. The van der Waals surface area contributed by atoms with E-state index in [-0.39, 0.29) is 11.5 Å². The SMILES string of the molecule is CSc1cc(CCCCN)c2c(c1)OC(F)(F)O2. The number of rotatable bonds is 5. The number of fused-ring (bicyclic) bond motifs is 1. The summed E-state index contributed by atoms with van der Waals surface area (Å²) in [7, 11) is 0. The second-order valence-electron chi connectivity index (χ2n) is 4.03. The monoisotopic (exact) mass is 275 g/mol. The molecule has 0 saturated heterocycles. The minimum Gasteiger partial charge on any atom is -0.395 e. The maximum absolute atomic E-state index is 13.1. The number of thioether (sulfide) groups is 1. The Morgan fingerprint density at radius 1 is 1.28 bits per heavy atom. The van der Waals surface area contributed by atoms with E-state index in [1.807, 2.05) is 12.3 Å². The molecule has 0 aliphatic carbocycles. The van der Waals surface area contributed by atoms with Gasteiger partial charge in [-0.1, -0.05) is 0 Å². The molecule has 0 fully saturated rings. The van der Waals surface area contributed by atoms with Gasteiger partial charge in [-0.25, -0.2) is 0 Å². The summed E-state index contributed by atoms with van der Waals surface area (Å²) >= 11 is 1.48. The van der Waals surface area contributed by atoms with Gasteiger partial charge in [0.1, 0.15) is 0 Å². The molecular weight excluding hydrogens is 260 g/mol. The van der Waals surface area contributed by atoms with Gasteiger partial charge in [-0.05, 0) is 49.8 Å². The van der Waals surface area contributed by atoms with Crippen molar-refractivity contribution in [3.63, 3.8) is 0 Å². The van der Waals surface area contributed by atoms with Crippen molar-refractivity contribution in [3.8, 4) is 11.5 Å². The summed E-state index contributed by atoms with van der Waals surface area (Å²) in [5.74, 6) is 0.282. The van der Waals surface area contributed by atoms with Crippen LogP contribution >= 0.6 is 11.8 Å². The van der Waals surface area contributed by atoms with Gasteiger partial charge < -0.3 is 15.2 Å². The second-order valence-corrected chi connectivity index (χ2v) is 4.91. The summed E-state index contributed by atoms with van der Waals surface area (Å²) < 4.78 is 35.2. The molecule has 0 amide bonds. The molecule has 1 aliphatic heterocycles. The van der Waals surface area contributed by atoms with Crippen LogP contribution in [0.2, 0.25) is 0 Å². The molecule has 0 atom stereocenters. The van der Waals surface area contributed by atoms with E-state index >= 15 is 0 Å². The zero-order chi connectivity index (χ0) is 13.2. The van der Waals surface area contributed by atoms with Crippen LogP contribution in [-0.2, 0) is 6.42 Å². The molecule has 0 saturated carbocycles. The number of alkyl halides is 2. The van der Waals surface area contributed by atoms with Gasteiger partial charge in [-0.2, -0.15) is 0 Å². The Bertz CT molecular complexity index is 440. The molecule has 100 valence electrons. The largest absolute Gasteiger partial charge is 0.586 e. The third-order valence-electron chi connectivity index (χ3n) is 2.69. The van der Waals surface area contributed by atoms with Gasteiger partial charge in [0.2, 0.25) is 0 Å². The summed E-state index contributed by atoms with van der Waals surface area (Å²) in [5.41, 5.74) is 6.18. The minimum atomic E-state index is -3.55. The normalized spacial score (nSPS) is 16.0. The first-order valence-electron chi connectivity index (χ1n) is 5.72. The zero-order valence-corrected chi connectivity index (χ0v) is 10.9. The highest BCUT2D eigenvalue weighted by molar-refractivity contribution is 7.98. The van der Waals surface area contributed by atoms with Crippen LogP contribution in [0.5, 0.6) is 11.5 Å². The zero-order valence-electron chi connectivity index (χ0n) is 10.0. The van der Waals surface area contributed by atoms with E-state index in [0.717, 1.165) is 23.3 Å². The third kappa shape index (κ3) is 2.87. The van der Waals surface area contributed by atoms with Gasteiger partial charge in [0.25, 0.3) is 0 Å². The van der Waals surface area contributed by atoms with E-state index in [9.17, 15) is 8.78 Å². The first-order chi connectivity index (χ1) is 8.55. The third-order valence-corrected chi connectivity index (χ3v) is 3.40. The summed E-state index contributed by atoms with van der Waals surface area (Å²) in [5, 5.41) is 0. The Balaban J connectivity index is 2.26. The van der Waals surface area contributed by atoms with E-state index in [1.54, 1.807) is 6.07 Å². The Morgan fingerprint density at radius 2 is 2.06 bits per heavy atom. The van der Waals surface area contributed by atoms with Crippen molar-refractivity contribution in [2.24, 2.45) is 5.73 Å². The van der Waals surface area contributed by atoms with Gasteiger partial charge in [0, 0.05) is 4.90 Å². The number of nitrogens with two attached hydrogens (primary N) is 1. The van der Waals surface area contributed by atoms with Crippen molar-refractivity contribution in [1.29, 1.82) is 0 Å². The fraction of sp³-hybridized carbons (Fsp3) is 0.500. The summed E-state index contributed by atoms with van der Waals surface area (Å²) in [4.78, 5) is 0.887. The molecule has 18 heavy (non-hydrogen) atoms. The summed E-state index contributed by atoms with van der Waals surface area (Å²) in [6, 6.07) is 3.44. The lowest BCUT2D eigenvalue weighted by molar-refractivity contribution is -0.287. The highest BCUT2D eigenvalue weighted by Gasteiger charge is 2.44. The Labute approximate surface area is 109 Å². The summed E-state index contributed by atoms with van der Waals surface area (Å²) in [6.45, 7) is 0.595. The standard InChI is InChI=1S/C12H15F2NO2S/c1-18-9-6-8(4-2-3-5-15)11-10(7-9)16-12(13,14)17-11/h6-7H,2-5,15H2,1H3. The van der Waals surface area contributed by atoms with E-state index in [4.69, 9.17) is 5.73 Å². The Kier molecular flexibility index (Phi) is 3.97. The molecule has 1 aromatic rings. The van der Waals surface area contributed by atoms with Crippen molar-refractivity contribution in [2.45, 2.75) is 30.5 Å². The van der Waals surface area contributed by atoms with Crippen molar-refractivity contribution in [1.82, 2.24) is 0 Å². The maximum atomic E-state index is 13.1. The number of benzene rings is 1. The van der Waals surface area contributed by atoms with Crippen molar-refractivity contribution >= 4 is 11.8 Å². The lowest BCUT2D eigenvalue weighted by Gasteiger charge is -2.08. The van der Waals surface area contributed by atoms with Gasteiger partial charge in [-0.15, -0.1) is 20.5 Å². The number of unbranched alkanes of at least 4 members (excludes halogenated alkanes) is 1. The average molecular weight is 275 g/mol. The van der Waals surface area contributed by atoms with Crippen LogP contribution in [0, 0.1) is 0 Å². The molecule has 0 spiro atoms. The predicted molar refractivity (Wildman–Crippen MR) is 66.4 cm³/mol. The number of hydrogen-bond acceptors (Lipinski definition) is 4. The van der Waals surface area contributed by atoms with Crippen molar-refractivity contribution in [3.05, 3.63) is 17.7 Å². The quantitative estimate of drug-likeness (QED) is 0.662. The molecule has 2 N–H and O–H groups in total. The van der Waals surface area contributed by atoms with Crippen LogP contribution in [0.25, 0.3) is 0 Å². The highest BCUT2D eigenvalue weighted by Crippen LogP contribution is 2.45. The molecule has 0 aromatic heterocycles. The fourth-order valence-corrected chi connectivity index (χ4v) is 2.34. The molecule has 0 radical (unpaired) electrons. The van der Waals surface area contributed by atoms with Crippen LogP contribution in [0.1, 0.15) is 18.4 Å².